The molecule has 1 saturated heterocycles. The number of hydrogen-bond donors (Lipinski definition) is 0. The number of anilines is 1. The quantitative estimate of drug-likeness (QED) is 0.741. The fraction of sp³-hybridized carbons (Fsp3) is 0.286. The summed E-state index contributed by atoms with van der Waals surface area (Å²) in [7, 11) is 0. The lowest BCUT2D eigenvalue weighted by Crippen LogP contribution is -2.36. The molecule has 2 amide bonds. The molecule has 0 spiro atoms. The highest BCUT2D eigenvalue weighted by Gasteiger charge is 2.38. The lowest BCUT2D eigenvalue weighted by atomic mass is 10.1. The standard InChI is InChI=1S/C21H20N2O5/c24-19(28-23-20(25)16-6-2-3-7-17(16)21(23)26)10-9-15-5-1-4-8-18(15)22-11-13-27-14-12-22/h1-8H,9-14H2. The van der Waals surface area contributed by atoms with E-state index in [0.717, 1.165) is 24.3 Å². The smallest absolute Gasteiger partial charge is 0.333 e. The Bertz CT molecular complexity index is 886. The minimum atomic E-state index is -0.619. The molecule has 0 saturated carbocycles. The van der Waals surface area contributed by atoms with Gasteiger partial charge in [-0.25, -0.2) is 4.79 Å². The number of amides is 2. The topological polar surface area (TPSA) is 76.2 Å². The van der Waals surface area contributed by atoms with E-state index in [2.05, 4.69) is 4.90 Å². The highest BCUT2D eigenvalue weighted by Crippen LogP contribution is 2.25. The fourth-order valence-electron chi connectivity index (χ4n) is 3.47. The van der Waals surface area contributed by atoms with Crippen LogP contribution in [0.25, 0.3) is 0 Å². The maximum Gasteiger partial charge on any atom is 0.333 e. The van der Waals surface area contributed by atoms with E-state index < -0.39 is 17.8 Å². The Morgan fingerprint density at radius 3 is 2.21 bits per heavy atom. The zero-order valence-corrected chi connectivity index (χ0v) is 15.3. The zero-order chi connectivity index (χ0) is 19.5. The molecule has 4 rings (SSSR count). The van der Waals surface area contributed by atoms with Gasteiger partial charge in [-0.15, -0.1) is 0 Å². The molecule has 2 aromatic rings. The van der Waals surface area contributed by atoms with Crippen LogP contribution in [0.15, 0.2) is 48.5 Å². The van der Waals surface area contributed by atoms with Crippen LogP contribution in [-0.4, -0.2) is 49.2 Å². The van der Waals surface area contributed by atoms with E-state index in [0.29, 0.717) is 24.7 Å². The van der Waals surface area contributed by atoms with Gasteiger partial charge < -0.3 is 14.5 Å². The third-order valence-electron chi connectivity index (χ3n) is 4.89. The highest BCUT2D eigenvalue weighted by atomic mass is 16.7. The Morgan fingerprint density at radius 2 is 1.54 bits per heavy atom. The molecule has 0 aromatic heterocycles. The van der Waals surface area contributed by atoms with Crippen molar-refractivity contribution >= 4 is 23.5 Å². The van der Waals surface area contributed by atoms with Crippen molar-refractivity contribution in [3.05, 3.63) is 65.2 Å². The van der Waals surface area contributed by atoms with Crippen LogP contribution in [0.4, 0.5) is 5.69 Å². The Hall–Kier alpha value is -3.19. The largest absolute Gasteiger partial charge is 0.378 e. The molecule has 7 heteroatoms. The average molecular weight is 380 g/mol. The number of fused-ring (bicyclic) bond motifs is 1. The van der Waals surface area contributed by atoms with Gasteiger partial charge in [0.05, 0.1) is 30.8 Å². The molecule has 7 nitrogen and oxygen atoms in total. The van der Waals surface area contributed by atoms with Crippen molar-refractivity contribution < 1.29 is 24.0 Å². The number of carbonyl (C=O) groups excluding carboxylic acids is 3. The maximum atomic E-state index is 12.3. The Kier molecular flexibility index (Phi) is 5.08. The second-order valence-electron chi connectivity index (χ2n) is 6.64. The Labute approximate surface area is 162 Å². The first-order valence-electron chi connectivity index (χ1n) is 9.24. The van der Waals surface area contributed by atoms with E-state index >= 15 is 0 Å². The number of para-hydroxylation sites is 1. The molecular formula is C21H20N2O5. The molecule has 0 bridgehead atoms. The van der Waals surface area contributed by atoms with E-state index in [1.165, 1.54) is 0 Å². The van der Waals surface area contributed by atoms with E-state index in [9.17, 15) is 14.4 Å². The number of aryl methyl sites for hydroxylation is 1. The van der Waals surface area contributed by atoms with Crippen LogP contribution in [-0.2, 0) is 20.8 Å². The SMILES string of the molecule is O=C(CCc1ccccc1N1CCOCC1)ON1C(=O)c2ccccc2C1=O. The van der Waals surface area contributed by atoms with Crippen molar-refractivity contribution in [3.8, 4) is 0 Å². The molecule has 0 atom stereocenters. The second-order valence-corrected chi connectivity index (χ2v) is 6.64. The molecule has 0 aliphatic carbocycles. The first-order valence-corrected chi connectivity index (χ1v) is 9.24. The third-order valence-corrected chi connectivity index (χ3v) is 4.89. The minimum absolute atomic E-state index is 0.0642. The summed E-state index contributed by atoms with van der Waals surface area (Å²) < 4.78 is 5.40. The molecule has 0 radical (unpaired) electrons. The van der Waals surface area contributed by atoms with Crippen LogP contribution in [0.5, 0.6) is 0 Å². The van der Waals surface area contributed by atoms with Crippen LogP contribution >= 0.6 is 0 Å². The lowest BCUT2D eigenvalue weighted by Gasteiger charge is -2.30. The van der Waals surface area contributed by atoms with Crippen molar-refractivity contribution in [2.75, 3.05) is 31.2 Å². The summed E-state index contributed by atoms with van der Waals surface area (Å²) in [5.74, 6) is -1.84. The maximum absolute atomic E-state index is 12.3. The first-order chi connectivity index (χ1) is 13.6. The van der Waals surface area contributed by atoms with Gasteiger partial charge in [-0.1, -0.05) is 35.4 Å². The van der Waals surface area contributed by atoms with Crippen molar-refractivity contribution in [2.45, 2.75) is 12.8 Å². The van der Waals surface area contributed by atoms with E-state index in [1.807, 2.05) is 24.3 Å². The zero-order valence-electron chi connectivity index (χ0n) is 15.3. The summed E-state index contributed by atoms with van der Waals surface area (Å²) >= 11 is 0. The van der Waals surface area contributed by atoms with Gasteiger partial charge in [-0.05, 0) is 30.2 Å². The molecule has 144 valence electrons. The predicted molar refractivity (Wildman–Crippen MR) is 101 cm³/mol. The molecular weight excluding hydrogens is 360 g/mol. The number of hydrogen-bond acceptors (Lipinski definition) is 6. The number of ether oxygens (including phenoxy) is 1. The average Bonchev–Trinajstić information content (AvgIpc) is 2.98. The number of benzene rings is 2. The van der Waals surface area contributed by atoms with Crippen molar-refractivity contribution in [3.63, 3.8) is 0 Å². The number of imide groups is 1. The van der Waals surface area contributed by atoms with Crippen LogP contribution < -0.4 is 4.90 Å². The number of rotatable bonds is 5. The van der Waals surface area contributed by atoms with E-state index in [-0.39, 0.29) is 17.5 Å². The van der Waals surface area contributed by atoms with Crippen LogP contribution in [0.2, 0.25) is 0 Å². The number of morpholine rings is 1. The van der Waals surface area contributed by atoms with Crippen LogP contribution in [0, 0.1) is 0 Å². The molecule has 2 aliphatic heterocycles. The summed E-state index contributed by atoms with van der Waals surface area (Å²) in [6, 6.07) is 14.3. The number of carbonyl (C=O) groups is 3. The van der Waals surface area contributed by atoms with Crippen LogP contribution in [0.3, 0.4) is 0 Å². The summed E-state index contributed by atoms with van der Waals surface area (Å²) in [6.07, 6.45) is 0.518. The summed E-state index contributed by atoms with van der Waals surface area (Å²) in [5, 5.41) is 0.556. The second kappa shape index (κ2) is 7.82. The fourth-order valence-corrected chi connectivity index (χ4v) is 3.47. The van der Waals surface area contributed by atoms with Crippen molar-refractivity contribution in [1.82, 2.24) is 5.06 Å². The predicted octanol–water partition coefficient (Wildman–Crippen LogP) is 2.21. The van der Waals surface area contributed by atoms with E-state index in [1.54, 1.807) is 24.3 Å². The molecule has 28 heavy (non-hydrogen) atoms. The molecule has 2 aliphatic rings. The molecule has 2 heterocycles. The molecule has 0 N–H and O–H groups in total. The van der Waals surface area contributed by atoms with Gasteiger partial charge in [0, 0.05) is 18.8 Å². The molecule has 1 fully saturated rings. The van der Waals surface area contributed by atoms with Gasteiger partial charge in [0.15, 0.2) is 0 Å². The summed E-state index contributed by atoms with van der Waals surface area (Å²) in [4.78, 5) is 44.2. The highest BCUT2D eigenvalue weighted by molar-refractivity contribution is 6.20. The van der Waals surface area contributed by atoms with Crippen LogP contribution in [0.1, 0.15) is 32.7 Å². The van der Waals surface area contributed by atoms with Crippen molar-refractivity contribution in [2.24, 2.45) is 0 Å². The Morgan fingerprint density at radius 1 is 0.929 bits per heavy atom. The minimum Gasteiger partial charge on any atom is -0.378 e. The molecule has 0 unspecified atom stereocenters. The van der Waals surface area contributed by atoms with Crippen molar-refractivity contribution in [1.29, 1.82) is 0 Å². The van der Waals surface area contributed by atoms with E-state index in [4.69, 9.17) is 9.57 Å². The van der Waals surface area contributed by atoms with Gasteiger partial charge in [-0.3, -0.25) is 9.59 Å². The first kappa shape index (κ1) is 18.2. The monoisotopic (exact) mass is 380 g/mol. The van der Waals surface area contributed by atoms with Gasteiger partial charge in [0.1, 0.15) is 0 Å². The van der Waals surface area contributed by atoms with Gasteiger partial charge in [0.2, 0.25) is 0 Å². The molecule has 2 aromatic carbocycles. The number of nitrogens with zero attached hydrogens (tertiary/aromatic N) is 2. The third kappa shape index (κ3) is 3.48. The summed E-state index contributed by atoms with van der Waals surface area (Å²) in [6.45, 7) is 2.96. The van der Waals surface area contributed by atoms with Gasteiger partial charge >= 0.3 is 5.97 Å². The summed E-state index contributed by atoms with van der Waals surface area (Å²) in [5.41, 5.74) is 2.58. The lowest BCUT2D eigenvalue weighted by molar-refractivity contribution is -0.168. The number of hydroxylamine groups is 2. The Balaban J connectivity index is 1.40. The van der Waals surface area contributed by atoms with Gasteiger partial charge in [0.25, 0.3) is 11.8 Å². The normalized spacial score (nSPS) is 16.3. The van der Waals surface area contributed by atoms with Gasteiger partial charge in [-0.2, -0.15) is 0 Å².